The van der Waals surface area contributed by atoms with Crippen molar-refractivity contribution in [1.29, 1.82) is 0 Å². The van der Waals surface area contributed by atoms with E-state index in [2.05, 4.69) is 10.6 Å². The number of thiophene rings is 1. The first-order valence-corrected chi connectivity index (χ1v) is 9.48. The quantitative estimate of drug-likeness (QED) is 0.585. The monoisotopic (exact) mass is 366 g/mol. The Labute approximate surface area is 157 Å². The number of rotatable bonds is 7. The summed E-state index contributed by atoms with van der Waals surface area (Å²) in [6.07, 6.45) is -0.0655. The Kier molecular flexibility index (Phi) is 6.41. The van der Waals surface area contributed by atoms with Crippen molar-refractivity contribution < 1.29 is 9.90 Å². The fourth-order valence-corrected chi connectivity index (χ4v) is 3.52. The van der Waals surface area contributed by atoms with E-state index >= 15 is 0 Å². The van der Waals surface area contributed by atoms with E-state index in [1.807, 2.05) is 78.2 Å². The highest BCUT2D eigenvalue weighted by Gasteiger charge is 2.16. The van der Waals surface area contributed by atoms with E-state index in [-0.39, 0.29) is 12.1 Å². The predicted octanol–water partition coefficient (Wildman–Crippen LogP) is 4.26. The van der Waals surface area contributed by atoms with Gasteiger partial charge in [0.05, 0.1) is 12.1 Å². The number of benzene rings is 2. The van der Waals surface area contributed by atoms with E-state index in [1.54, 1.807) is 0 Å². The van der Waals surface area contributed by atoms with Gasteiger partial charge in [0.1, 0.15) is 0 Å². The van der Waals surface area contributed by atoms with E-state index < -0.39 is 6.10 Å². The molecule has 2 amide bonds. The lowest BCUT2D eigenvalue weighted by Crippen LogP contribution is -2.39. The van der Waals surface area contributed by atoms with Crippen LogP contribution in [0.3, 0.4) is 0 Å². The van der Waals surface area contributed by atoms with Gasteiger partial charge in [-0.3, -0.25) is 0 Å². The molecule has 0 aliphatic heterocycles. The second kappa shape index (κ2) is 9.17. The molecule has 1 heterocycles. The Morgan fingerprint density at radius 1 is 0.923 bits per heavy atom. The first-order chi connectivity index (χ1) is 12.7. The number of carbonyl (C=O) groups is 1. The van der Waals surface area contributed by atoms with Crippen LogP contribution in [0, 0.1) is 0 Å². The lowest BCUT2D eigenvalue weighted by Gasteiger charge is -2.20. The van der Waals surface area contributed by atoms with Crippen molar-refractivity contribution >= 4 is 17.4 Å². The molecule has 0 bridgehead atoms. The van der Waals surface area contributed by atoms with Crippen LogP contribution in [0.4, 0.5) is 4.79 Å². The summed E-state index contributed by atoms with van der Waals surface area (Å²) in [7, 11) is 0. The second-order valence-electron chi connectivity index (χ2n) is 5.97. The molecular weight excluding hydrogens is 344 g/mol. The molecule has 134 valence electrons. The van der Waals surface area contributed by atoms with E-state index in [0.29, 0.717) is 13.0 Å². The van der Waals surface area contributed by atoms with Crippen molar-refractivity contribution in [3.05, 3.63) is 94.2 Å². The predicted molar refractivity (Wildman–Crippen MR) is 105 cm³/mol. The van der Waals surface area contributed by atoms with Crippen LogP contribution in [0.2, 0.25) is 0 Å². The van der Waals surface area contributed by atoms with Crippen LogP contribution in [0.15, 0.2) is 78.2 Å². The van der Waals surface area contributed by atoms with Gasteiger partial charge in [0.2, 0.25) is 0 Å². The molecule has 0 saturated carbocycles. The number of aliphatic hydroxyl groups excluding tert-OH is 1. The molecule has 1 atom stereocenters. The summed E-state index contributed by atoms with van der Waals surface area (Å²) in [5.74, 6) is 0. The van der Waals surface area contributed by atoms with Gasteiger partial charge in [0, 0.05) is 11.4 Å². The molecule has 5 heteroatoms. The van der Waals surface area contributed by atoms with Gasteiger partial charge in [-0.1, -0.05) is 66.7 Å². The van der Waals surface area contributed by atoms with Crippen LogP contribution in [0.1, 0.15) is 34.6 Å². The lowest BCUT2D eigenvalue weighted by molar-refractivity contribution is 0.170. The highest BCUT2D eigenvalue weighted by molar-refractivity contribution is 7.10. The van der Waals surface area contributed by atoms with E-state index in [9.17, 15) is 9.90 Å². The maximum Gasteiger partial charge on any atom is 0.315 e. The molecule has 0 radical (unpaired) electrons. The van der Waals surface area contributed by atoms with Crippen molar-refractivity contribution in [1.82, 2.24) is 10.6 Å². The standard InChI is InChI=1S/C21H22N2O2S/c24-18(19-12-7-15-26-19)13-14-22-21(25)23-20(16-8-3-1-4-9-16)17-10-5-2-6-11-17/h1-12,15,18,20,24H,13-14H2,(H2,22,23,25). The molecule has 0 aliphatic carbocycles. The maximum atomic E-state index is 12.4. The molecule has 3 aromatic rings. The van der Waals surface area contributed by atoms with Crippen molar-refractivity contribution in [3.8, 4) is 0 Å². The normalized spacial score (nSPS) is 11.9. The van der Waals surface area contributed by atoms with Gasteiger partial charge in [-0.05, 0) is 29.0 Å². The highest BCUT2D eigenvalue weighted by atomic mass is 32.1. The average molecular weight is 366 g/mol. The molecule has 1 aromatic heterocycles. The number of amides is 2. The van der Waals surface area contributed by atoms with Crippen molar-refractivity contribution in [2.24, 2.45) is 0 Å². The van der Waals surface area contributed by atoms with Crippen LogP contribution in [0.5, 0.6) is 0 Å². The van der Waals surface area contributed by atoms with Gasteiger partial charge in [-0.2, -0.15) is 0 Å². The van der Waals surface area contributed by atoms with E-state index in [4.69, 9.17) is 0 Å². The Hall–Kier alpha value is -2.63. The third kappa shape index (κ3) is 4.94. The van der Waals surface area contributed by atoms with Crippen molar-refractivity contribution in [2.45, 2.75) is 18.6 Å². The first kappa shape index (κ1) is 18.2. The van der Waals surface area contributed by atoms with Gasteiger partial charge in [0.15, 0.2) is 0 Å². The third-order valence-electron chi connectivity index (χ3n) is 4.12. The second-order valence-corrected chi connectivity index (χ2v) is 6.95. The molecule has 1 unspecified atom stereocenters. The molecule has 0 aliphatic rings. The number of hydrogen-bond donors (Lipinski definition) is 3. The van der Waals surface area contributed by atoms with E-state index in [1.165, 1.54) is 11.3 Å². The SMILES string of the molecule is O=C(NCCC(O)c1cccs1)NC(c1ccccc1)c1ccccc1. The fraction of sp³-hybridized carbons (Fsp3) is 0.190. The molecule has 3 N–H and O–H groups in total. The summed E-state index contributed by atoms with van der Waals surface area (Å²) in [4.78, 5) is 13.3. The minimum Gasteiger partial charge on any atom is -0.388 e. The Morgan fingerprint density at radius 3 is 2.08 bits per heavy atom. The topological polar surface area (TPSA) is 61.4 Å². The number of hydrogen-bond acceptors (Lipinski definition) is 3. The highest BCUT2D eigenvalue weighted by Crippen LogP contribution is 2.22. The number of urea groups is 1. The molecule has 2 aromatic carbocycles. The minimum atomic E-state index is -0.547. The molecule has 0 spiro atoms. The summed E-state index contributed by atoms with van der Waals surface area (Å²) in [5.41, 5.74) is 2.04. The van der Waals surface area contributed by atoms with Gasteiger partial charge in [-0.25, -0.2) is 4.79 Å². The lowest BCUT2D eigenvalue weighted by atomic mass is 9.99. The van der Waals surface area contributed by atoms with Crippen molar-refractivity contribution in [3.63, 3.8) is 0 Å². The maximum absolute atomic E-state index is 12.4. The van der Waals surface area contributed by atoms with E-state index in [0.717, 1.165) is 16.0 Å². The number of nitrogens with one attached hydrogen (secondary N) is 2. The molecule has 3 rings (SSSR count). The van der Waals surface area contributed by atoms with Gasteiger partial charge >= 0.3 is 6.03 Å². The Morgan fingerprint density at radius 2 is 1.54 bits per heavy atom. The smallest absolute Gasteiger partial charge is 0.315 e. The van der Waals surface area contributed by atoms with Crippen LogP contribution in [-0.4, -0.2) is 17.7 Å². The third-order valence-corrected chi connectivity index (χ3v) is 5.09. The summed E-state index contributed by atoms with van der Waals surface area (Å²) in [6.45, 7) is 0.404. The zero-order chi connectivity index (χ0) is 18.2. The van der Waals surface area contributed by atoms with Gasteiger partial charge < -0.3 is 15.7 Å². The van der Waals surface area contributed by atoms with Crippen LogP contribution in [-0.2, 0) is 0 Å². The summed E-state index contributed by atoms with van der Waals surface area (Å²) < 4.78 is 0. The summed E-state index contributed by atoms with van der Waals surface area (Å²) in [5, 5.41) is 17.9. The molecule has 26 heavy (non-hydrogen) atoms. The zero-order valence-corrected chi connectivity index (χ0v) is 15.2. The van der Waals surface area contributed by atoms with Crippen LogP contribution in [0.25, 0.3) is 0 Å². The number of carbonyl (C=O) groups excluding carboxylic acids is 1. The molecule has 4 nitrogen and oxygen atoms in total. The Balaban J connectivity index is 1.59. The molecule has 0 fully saturated rings. The van der Waals surface area contributed by atoms with Crippen LogP contribution < -0.4 is 10.6 Å². The zero-order valence-electron chi connectivity index (χ0n) is 14.3. The first-order valence-electron chi connectivity index (χ1n) is 8.60. The summed E-state index contributed by atoms with van der Waals surface area (Å²) in [6, 6.07) is 23.1. The van der Waals surface area contributed by atoms with Gasteiger partial charge in [0.25, 0.3) is 0 Å². The number of aliphatic hydroxyl groups is 1. The Bertz CT molecular complexity index is 752. The molecule has 0 saturated heterocycles. The largest absolute Gasteiger partial charge is 0.388 e. The fourth-order valence-electron chi connectivity index (χ4n) is 2.78. The minimum absolute atomic E-state index is 0.223. The van der Waals surface area contributed by atoms with Gasteiger partial charge in [-0.15, -0.1) is 11.3 Å². The van der Waals surface area contributed by atoms with Crippen molar-refractivity contribution in [2.75, 3.05) is 6.54 Å². The molecular formula is C21H22N2O2S. The van der Waals surface area contributed by atoms with Crippen LogP contribution >= 0.6 is 11.3 Å². The summed E-state index contributed by atoms with van der Waals surface area (Å²) >= 11 is 1.52. The average Bonchev–Trinajstić information content (AvgIpc) is 3.22.